The van der Waals surface area contributed by atoms with Gasteiger partial charge in [0.1, 0.15) is 11.5 Å². The van der Waals surface area contributed by atoms with Gasteiger partial charge in [0, 0.05) is 43.4 Å². The quantitative estimate of drug-likeness (QED) is 0.0793. The number of benzene rings is 1. The van der Waals surface area contributed by atoms with Crippen molar-refractivity contribution >= 4 is 28.4 Å². The lowest BCUT2D eigenvalue weighted by atomic mass is 10.2. The first-order chi connectivity index (χ1) is 16.6. The topological polar surface area (TPSA) is 147 Å². The Balaban J connectivity index is 1.35. The third-order valence-electron chi connectivity index (χ3n) is 4.78. The van der Waals surface area contributed by atoms with Gasteiger partial charge in [-0.3, -0.25) is 9.59 Å². The molecule has 178 valence electrons. The highest BCUT2D eigenvalue weighted by Crippen LogP contribution is 2.16. The van der Waals surface area contributed by atoms with Crippen LogP contribution in [0, 0.1) is 19.4 Å². The summed E-state index contributed by atoms with van der Waals surface area (Å²) in [7, 11) is 0. The molecule has 0 saturated heterocycles. The van der Waals surface area contributed by atoms with Crippen LogP contribution in [0.2, 0.25) is 0 Å². The van der Waals surface area contributed by atoms with Crippen molar-refractivity contribution in [1.29, 1.82) is 0 Å². The molecular weight excluding hydrogens is 438 g/mol. The van der Waals surface area contributed by atoms with Crippen LogP contribution in [0.3, 0.4) is 0 Å². The van der Waals surface area contributed by atoms with E-state index < -0.39 is 0 Å². The molecule has 11 nitrogen and oxygen atoms in total. The number of aromatic amines is 1. The Hall–Kier alpha value is -4.33. The molecule has 3 rings (SSSR count). The van der Waals surface area contributed by atoms with Crippen molar-refractivity contribution in [3.63, 3.8) is 0 Å². The van der Waals surface area contributed by atoms with Crippen molar-refractivity contribution in [2.45, 2.75) is 39.2 Å². The summed E-state index contributed by atoms with van der Waals surface area (Å²) in [5.41, 5.74) is 2.77. The molecule has 0 aliphatic carbocycles. The Kier molecular flexibility index (Phi) is 9.04. The molecule has 2 aromatic heterocycles. The van der Waals surface area contributed by atoms with Crippen LogP contribution in [0.4, 0.5) is 5.82 Å². The number of fused-ring (bicyclic) bond motifs is 1. The number of H-pyrrole nitrogens is 1. The van der Waals surface area contributed by atoms with Gasteiger partial charge in [-0.2, -0.15) is 10.6 Å². The van der Waals surface area contributed by atoms with Crippen LogP contribution in [0.1, 0.15) is 37.1 Å². The van der Waals surface area contributed by atoms with Gasteiger partial charge in [0.05, 0.1) is 11.9 Å². The number of carbonyl (C=O) groups is 1. The van der Waals surface area contributed by atoms with Crippen LogP contribution >= 0.6 is 0 Å². The number of hydroxylamine groups is 1. The summed E-state index contributed by atoms with van der Waals surface area (Å²) in [5, 5.41) is 17.8. The van der Waals surface area contributed by atoms with Crippen molar-refractivity contribution in [3.05, 3.63) is 52.1 Å². The summed E-state index contributed by atoms with van der Waals surface area (Å²) in [6, 6.07) is 11.2. The van der Waals surface area contributed by atoms with Gasteiger partial charge >= 0.3 is 0 Å². The van der Waals surface area contributed by atoms with E-state index in [0.717, 1.165) is 5.39 Å². The predicted molar refractivity (Wildman–Crippen MR) is 128 cm³/mol. The van der Waals surface area contributed by atoms with E-state index in [9.17, 15) is 9.59 Å². The summed E-state index contributed by atoms with van der Waals surface area (Å²) >= 11 is 0. The van der Waals surface area contributed by atoms with Gasteiger partial charge in [0.15, 0.2) is 5.82 Å². The number of anilines is 1. The lowest BCUT2D eigenvalue weighted by Gasteiger charge is -2.09. The van der Waals surface area contributed by atoms with Crippen LogP contribution in [-0.2, 0) is 16.2 Å². The van der Waals surface area contributed by atoms with Gasteiger partial charge in [0.25, 0.3) is 5.56 Å². The summed E-state index contributed by atoms with van der Waals surface area (Å²) in [5.74, 6) is 1.62. The second-order valence-corrected chi connectivity index (χ2v) is 7.42. The minimum Gasteiger partial charge on any atom is -0.368 e. The van der Waals surface area contributed by atoms with Gasteiger partial charge in [-0.1, -0.05) is 29.8 Å². The van der Waals surface area contributed by atoms with Gasteiger partial charge in [-0.15, -0.1) is 0 Å². The largest absolute Gasteiger partial charge is 0.368 e. The van der Waals surface area contributed by atoms with E-state index in [1.165, 1.54) is 0 Å². The zero-order valence-corrected chi connectivity index (χ0v) is 18.9. The van der Waals surface area contributed by atoms with Crippen LogP contribution < -0.4 is 21.7 Å². The second-order valence-electron chi connectivity index (χ2n) is 7.42. The van der Waals surface area contributed by atoms with Gasteiger partial charge < -0.3 is 20.0 Å². The first-order valence-electron chi connectivity index (χ1n) is 10.9. The number of aryl methyl sites for hydroxylation is 1. The van der Waals surface area contributed by atoms with Crippen molar-refractivity contribution in [2.75, 3.05) is 18.4 Å². The Morgan fingerprint density at radius 3 is 2.82 bits per heavy atom. The van der Waals surface area contributed by atoms with Crippen LogP contribution in [-0.4, -0.2) is 40.2 Å². The number of terminal acetylenes is 1. The number of carbonyl (C=O) groups excluding carboxylic acids is 1. The average Bonchev–Trinajstić information content (AvgIpc) is 3.26. The van der Waals surface area contributed by atoms with Crippen molar-refractivity contribution in [3.8, 4) is 12.5 Å². The Morgan fingerprint density at radius 1 is 1.24 bits per heavy atom. The maximum absolute atomic E-state index is 12.1. The summed E-state index contributed by atoms with van der Waals surface area (Å²) in [4.78, 5) is 33.5. The van der Waals surface area contributed by atoms with Crippen molar-refractivity contribution in [1.82, 2.24) is 26.2 Å². The fourth-order valence-electron chi connectivity index (χ4n) is 3.17. The highest BCUT2D eigenvalue weighted by molar-refractivity contribution is 5.90. The lowest BCUT2D eigenvalue weighted by molar-refractivity contribution is -0.121. The molecule has 0 bridgehead atoms. The fraction of sp³-hybridized carbons (Fsp3) is 0.348. The van der Waals surface area contributed by atoms with Crippen molar-refractivity contribution < 1.29 is 14.2 Å². The molecule has 2 heterocycles. The zero-order valence-electron chi connectivity index (χ0n) is 18.9. The van der Waals surface area contributed by atoms with E-state index in [2.05, 4.69) is 42.5 Å². The minimum atomic E-state index is -0.227. The molecule has 0 aliphatic rings. The smallest absolute Gasteiger partial charge is 0.272 e. The van der Waals surface area contributed by atoms with Crippen molar-refractivity contribution in [2.24, 2.45) is 4.99 Å². The van der Waals surface area contributed by atoms with E-state index in [0.29, 0.717) is 67.3 Å². The SMILES string of the molecule is C#CNOC(CCCC(=O)NCCCNc1n[nH]c(=O)c2ccccc12)=NCc1cc(C)on1. The normalized spacial score (nSPS) is 11.1. The minimum absolute atomic E-state index is 0.0657. The third kappa shape index (κ3) is 7.37. The second kappa shape index (κ2) is 12.6. The monoisotopic (exact) mass is 465 g/mol. The van der Waals surface area contributed by atoms with E-state index in [1.54, 1.807) is 25.1 Å². The molecular formula is C23H27N7O4. The van der Waals surface area contributed by atoms with E-state index in [1.807, 2.05) is 12.1 Å². The fourth-order valence-corrected chi connectivity index (χ4v) is 3.17. The van der Waals surface area contributed by atoms with Crippen LogP contribution in [0.15, 0.2) is 44.6 Å². The standard InChI is InChI=1S/C23H27N7O4/c1-3-27-34-21(26-15-17-14-16(2)33-30-17)11-6-10-20(31)24-12-7-13-25-22-18-8-4-5-9-19(18)23(32)29-28-22/h1,4-5,8-9,14,27H,6-7,10-13,15H2,2H3,(H,24,31)(H,25,28)(H,29,32). The number of amides is 1. The number of nitrogens with one attached hydrogen (secondary N) is 4. The summed E-state index contributed by atoms with van der Waals surface area (Å²) in [6.07, 6.45) is 7.15. The Labute approximate surface area is 196 Å². The molecule has 0 atom stereocenters. The van der Waals surface area contributed by atoms with Crippen LogP contribution in [0.5, 0.6) is 0 Å². The molecule has 3 aromatic rings. The predicted octanol–water partition coefficient (Wildman–Crippen LogP) is 2.02. The Morgan fingerprint density at radius 2 is 2.06 bits per heavy atom. The molecule has 11 heteroatoms. The molecule has 34 heavy (non-hydrogen) atoms. The summed E-state index contributed by atoms with van der Waals surface area (Å²) < 4.78 is 5.01. The van der Waals surface area contributed by atoms with Gasteiger partial charge in [-0.25, -0.2) is 10.1 Å². The molecule has 1 amide bonds. The number of aromatic nitrogens is 3. The maximum atomic E-state index is 12.1. The first kappa shape index (κ1) is 24.3. The highest BCUT2D eigenvalue weighted by atomic mass is 16.7. The number of aliphatic imine (C=N–C) groups is 1. The highest BCUT2D eigenvalue weighted by Gasteiger charge is 2.08. The molecule has 0 unspecified atom stereocenters. The maximum Gasteiger partial charge on any atom is 0.272 e. The number of hydrogen-bond donors (Lipinski definition) is 4. The average molecular weight is 466 g/mol. The number of hydrogen-bond acceptors (Lipinski definition) is 9. The molecule has 4 N–H and O–H groups in total. The third-order valence-corrected chi connectivity index (χ3v) is 4.78. The molecule has 0 radical (unpaired) electrons. The molecule has 0 fully saturated rings. The lowest BCUT2D eigenvalue weighted by Crippen LogP contribution is -2.26. The number of rotatable bonds is 12. The zero-order chi connectivity index (χ0) is 24.2. The van der Waals surface area contributed by atoms with Gasteiger partial charge in [0.2, 0.25) is 11.8 Å². The Bertz CT molecular complexity index is 1230. The summed E-state index contributed by atoms with van der Waals surface area (Å²) in [6.45, 7) is 3.19. The first-order valence-corrected chi connectivity index (χ1v) is 10.9. The van der Waals surface area contributed by atoms with E-state index >= 15 is 0 Å². The van der Waals surface area contributed by atoms with E-state index in [4.69, 9.17) is 15.8 Å². The van der Waals surface area contributed by atoms with E-state index in [-0.39, 0.29) is 18.0 Å². The molecule has 0 aliphatic heterocycles. The van der Waals surface area contributed by atoms with Gasteiger partial charge in [-0.05, 0) is 25.8 Å². The number of nitrogens with zero attached hydrogens (tertiary/aromatic N) is 3. The molecule has 1 aromatic carbocycles. The van der Waals surface area contributed by atoms with Crippen LogP contribution in [0.25, 0.3) is 10.8 Å². The molecule has 0 spiro atoms. The molecule has 0 saturated carbocycles.